The average Bonchev–Trinajstić information content (AvgIpc) is 2.70. The van der Waals surface area contributed by atoms with Crippen LogP contribution in [-0.4, -0.2) is 30.9 Å². The molecule has 0 unspecified atom stereocenters. The van der Waals surface area contributed by atoms with Gasteiger partial charge in [-0.2, -0.15) is 0 Å². The first-order chi connectivity index (χ1) is 13.0. The molecule has 0 fully saturated rings. The average molecular weight is 371 g/mol. The van der Waals surface area contributed by atoms with E-state index in [1.165, 1.54) is 36.8 Å². The third-order valence-corrected chi connectivity index (χ3v) is 5.21. The predicted molar refractivity (Wildman–Crippen MR) is 112 cm³/mol. The number of ether oxygens (including phenoxy) is 1. The Morgan fingerprint density at radius 3 is 2.26 bits per heavy atom. The van der Waals surface area contributed by atoms with Crippen LogP contribution in [0.2, 0.25) is 0 Å². The molecule has 0 bridgehead atoms. The highest BCUT2D eigenvalue weighted by Gasteiger charge is 2.22. The van der Waals surface area contributed by atoms with E-state index in [1.54, 1.807) is 0 Å². The summed E-state index contributed by atoms with van der Waals surface area (Å²) >= 11 is 0. The molecule has 27 heavy (non-hydrogen) atoms. The van der Waals surface area contributed by atoms with Gasteiger partial charge in [-0.25, -0.2) is 0 Å². The van der Waals surface area contributed by atoms with Crippen LogP contribution in [0, 0.1) is 0 Å². The van der Waals surface area contributed by atoms with E-state index in [0.717, 1.165) is 12.3 Å². The van der Waals surface area contributed by atoms with E-state index in [-0.39, 0.29) is 5.41 Å². The fourth-order valence-corrected chi connectivity index (χ4v) is 3.28. The van der Waals surface area contributed by atoms with Crippen molar-refractivity contribution in [1.82, 2.24) is 0 Å². The minimum Gasteiger partial charge on any atom is -0.491 e. The normalized spacial score (nSPS) is 12.7. The molecule has 0 saturated carbocycles. The second kappa shape index (κ2) is 11.1. The van der Waals surface area contributed by atoms with E-state index in [9.17, 15) is 5.11 Å². The number of benzene rings is 2. The van der Waals surface area contributed by atoms with Gasteiger partial charge in [0.1, 0.15) is 25.0 Å². The minimum atomic E-state index is -0.434. The highest BCUT2D eigenvalue weighted by Crippen LogP contribution is 2.32. The summed E-state index contributed by atoms with van der Waals surface area (Å²) in [6.45, 7) is 8.81. The second-order valence-corrected chi connectivity index (χ2v) is 7.85. The van der Waals surface area contributed by atoms with Gasteiger partial charge >= 0.3 is 0 Å². The van der Waals surface area contributed by atoms with Gasteiger partial charge in [-0.05, 0) is 36.1 Å². The molecule has 2 aromatic rings. The van der Waals surface area contributed by atoms with Gasteiger partial charge in [-0.3, -0.25) is 0 Å². The molecule has 0 spiro atoms. The molecule has 2 rings (SSSR count). The lowest BCUT2D eigenvalue weighted by atomic mass is 9.78. The van der Waals surface area contributed by atoms with E-state index in [1.807, 2.05) is 18.2 Å². The Labute approximate surface area is 164 Å². The maximum atomic E-state index is 10.1. The maximum Gasteiger partial charge on any atom is 0.137 e. The van der Waals surface area contributed by atoms with Crippen LogP contribution >= 0.6 is 0 Å². The van der Waals surface area contributed by atoms with Crippen molar-refractivity contribution in [3.63, 3.8) is 0 Å². The number of nitrogens with two attached hydrogens (primary N) is 1. The Hall–Kier alpha value is -1.84. The molecule has 0 amide bonds. The lowest BCUT2D eigenvalue weighted by molar-refractivity contribution is -0.661. The fourth-order valence-electron chi connectivity index (χ4n) is 3.28. The lowest BCUT2D eigenvalue weighted by Crippen LogP contribution is -2.86. The van der Waals surface area contributed by atoms with Crippen molar-refractivity contribution in [2.24, 2.45) is 0 Å². The monoisotopic (exact) mass is 370 g/mol. The number of hydrogen-bond acceptors (Lipinski definition) is 2. The van der Waals surface area contributed by atoms with Gasteiger partial charge in [-0.1, -0.05) is 76.1 Å². The second-order valence-electron chi connectivity index (χ2n) is 7.85. The predicted octanol–water partition coefficient (Wildman–Crippen LogP) is 3.90. The van der Waals surface area contributed by atoms with E-state index >= 15 is 0 Å². The van der Waals surface area contributed by atoms with Crippen molar-refractivity contribution >= 4 is 0 Å². The molecule has 148 valence electrons. The van der Waals surface area contributed by atoms with Crippen LogP contribution in [-0.2, 0) is 5.41 Å². The Balaban J connectivity index is 1.77. The van der Waals surface area contributed by atoms with Crippen LogP contribution in [0.15, 0.2) is 54.6 Å². The Bertz CT molecular complexity index is 637. The van der Waals surface area contributed by atoms with Gasteiger partial charge in [0.2, 0.25) is 0 Å². The van der Waals surface area contributed by atoms with Gasteiger partial charge in [0, 0.05) is 5.41 Å². The highest BCUT2D eigenvalue weighted by atomic mass is 16.5. The third-order valence-electron chi connectivity index (χ3n) is 5.21. The lowest BCUT2D eigenvalue weighted by Gasteiger charge is -2.26. The summed E-state index contributed by atoms with van der Waals surface area (Å²) in [5.41, 5.74) is 2.50. The first-order valence-electron chi connectivity index (χ1n) is 10.3. The van der Waals surface area contributed by atoms with Crippen molar-refractivity contribution in [2.75, 3.05) is 19.7 Å². The van der Waals surface area contributed by atoms with Gasteiger partial charge in [0.05, 0.1) is 6.54 Å². The number of aliphatic hydroxyl groups is 1. The summed E-state index contributed by atoms with van der Waals surface area (Å²) < 4.78 is 5.77. The van der Waals surface area contributed by atoms with Crippen LogP contribution < -0.4 is 10.1 Å². The standard InChI is InChI=1S/C24H35NO2/c1-4-5-6-10-17-25-18-22(26)19-27-23-15-13-21(14-16-23)24(2,3)20-11-8-7-9-12-20/h7-9,11-16,22,25-26H,4-6,10,17-19H2,1-3H3/p+1/t22-/m0/s1. The number of unbranched alkanes of at least 4 members (excludes halogenated alkanes) is 3. The van der Waals surface area contributed by atoms with Crippen LogP contribution in [0.25, 0.3) is 0 Å². The summed E-state index contributed by atoms with van der Waals surface area (Å²) in [4.78, 5) is 0. The molecular weight excluding hydrogens is 334 g/mol. The topological polar surface area (TPSA) is 46.1 Å². The third kappa shape index (κ3) is 7.00. The smallest absolute Gasteiger partial charge is 0.137 e. The van der Waals surface area contributed by atoms with Crippen molar-refractivity contribution in [3.8, 4) is 5.75 Å². The number of quaternary nitrogens is 1. The summed E-state index contributed by atoms with van der Waals surface area (Å²) in [5.74, 6) is 0.810. The Morgan fingerprint density at radius 2 is 1.59 bits per heavy atom. The van der Waals surface area contributed by atoms with Crippen LogP contribution in [0.1, 0.15) is 57.6 Å². The molecule has 0 aliphatic rings. The molecule has 3 nitrogen and oxygen atoms in total. The van der Waals surface area contributed by atoms with Crippen LogP contribution in [0.4, 0.5) is 0 Å². The minimum absolute atomic E-state index is 0.0496. The van der Waals surface area contributed by atoms with Crippen molar-refractivity contribution in [3.05, 3.63) is 65.7 Å². The summed E-state index contributed by atoms with van der Waals surface area (Å²) in [7, 11) is 0. The number of hydrogen-bond donors (Lipinski definition) is 2. The van der Waals surface area contributed by atoms with Crippen molar-refractivity contribution in [1.29, 1.82) is 0 Å². The quantitative estimate of drug-likeness (QED) is 0.557. The van der Waals surface area contributed by atoms with Crippen molar-refractivity contribution in [2.45, 2.75) is 58.0 Å². The molecule has 2 aromatic carbocycles. The SMILES string of the molecule is CCCCCC[NH2+]C[C@H](O)COc1ccc(C(C)(C)c2ccccc2)cc1. The summed E-state index contributed by atoms with van der Waals surface area (Å²) in [6, 6.07) is 18.8. The van der Waals surface area contributed by atoms with Gasteiger partial charge < -0.3 is 15.2 Å². The molecule has 3 heteroatoms. The molecule has 1 atom stereocenters. The molecule has 0 aliphatic carbocycles. The molecular formula is C24H36NO2+. The van der Waals surface area contributed by atoms with E-state index in [2.05, 4.69) is 62.5 Å². The molecule has 0 aromatic heterocycles. The molecule has 0 heterocycles. The Kier molecular flexibility index (Phi) is 8.83. The van der Waals surface area contributed by atoms with E-state index < -0.39 is 6.10 Å². The van der Waals surface area contributed by atoms with E-state index in [4.69, 9.17) is 4.74 Å². The van der Waals surface area contributed by atoms with Crippen molar-refractivity contribution < 1.29 is 15.2 Å². The van der Waals surface area contributed by atoms with Gasteiger partial charge in [-0.15, -0.1) is 0 Å². The van der Waals surface area contributed by atoms with E-state index in [0.29, 0.717) is 13.2 Å². The zero-order valence-electron chi connectivity index (χ0n) is 17.2. The largest absolute Gasteiger partial charge is 0.491 e. The first kappa shape index (κ1) is 21.5. The molecule has 0 saturated heterocycles. The molecule has 3 N–H and O–H groups in total. The molecule has 0 aliphatic heterocycles. The maximum absolute atomic E-state index is 10.1. The molecule has 0 radical (unpaired) electrons. The Morgan fingerprint density at radius 1 is 0.926 bits per heavy atom. The van der Waals surface area contributed by atoms with Gasteiger partial charge in [0.15, 0.2) is 0 Å². The highest BCUT2D eigenvalue weighted by molar-refractivity contribution is 5.39. The van der Waals surface area contributed by atoms with Crippen LogP contribution in [0.3, 0.4) is 0 Å². The summed E-state index contributed by atoms with van der Waals surface area (Å²) in [5, 5.41) is 12.3. The first-order valence-corrected chi connectivity index (χ1v) is 10.3. The summed E-state index contributed by atoms with van der Waals surface area (Å²) in [6.07, 6.45) is 4.64. The number of rotatable bonds is 12. The van der Waals surface area contributed by atoms with Crippen LogP contribution in [0.5, 0.6) is 5.75 Å². The number of aliphatic hydroxyl groups excluding tert-OH is 1. The zero-order chi connectivity index (χ0) is 19.5. The fraction of sp³-hybridized carbons (Fsp3) is 0.500. The zero-order valence-corrected chi connectivity index (χ0v) is 17.2. The van der Waals surface area contributed by atoms with Gasteiger partial charge in [0.25, 0.3) is 0 Å².